The summed E-state index contributed by atoms with van der Waals surface area (Å²) in [6.07, 6.45) is 1.02. The molecule has 1 aliphatic rings. The number of nitrogens with two attached hydrogens (primary N) is 1. The van der Waals surface area contributed by atoms with Gasteiger partial charge in [0.05, 0.1) is 0 Å². The maximum absolute atomic E-state index is 5.55. The summed E-state index contributed by atoms with van der Waals surface area (Å²) in [6.45, 7) is 5.41. The fourth-order valence-electron chi connectivity index (χ4n) is 1.68. The quantitative estimate of drug-likeness (QED) is 0.813. The summed E-state index contributed by atoms with van der Waals surface area (Å²) in [7, 11) is 0. The van der Waals surface area contributed by atoms with Gasteiger partial charge in [-0.15, -0.1) is 0 Å². The molecule has 0 radical (unpaired) electrons. The minimum atomic E-state index is -0.0313. The molecule has 0 saturated carbocycles. The lowest BCUT2D eigenvalue weighted by Crippen LogP contribution is -2.11. The highest BCUT2D eigenvalue weighted by Crippen LogP contribution is 2.33. The Morgan fingerprint density at radius 1 is 1.60 bits per heavy atom. The zero-order valence-corrected chi connectivity index (χ0v) is 9.14. The van der Waals surface area contributed by atoms with Crippen molar-refractivity contribution >= 4 is 0 Å². The third kappa shape index (κ3) is 2.03. The molecule has 15 heavy (non-hydrogen) atoms. The van der Waals surface area contributed by atoms with Gasteiger partial charge in [0.15, 0.2) is 5.82 Å². The Hall–Kier alpha value is -0.940. The second-order valence-corrected chi connectivity index (χ2v) is 4.18. The summed E-state index contributed by atoms with van der Waals surface area (Å²) in [6, 6.07) is 0. The van der Waals surface area contributed by atoms with E-state index in [0.29, 0.717) is 24.2 Å². The van der Waals surface area contributed by atoms with Crippen molar-refractivity contribution in [3.8, 4) is 0 Å². The van der Waals surface area contributed by atoms with Crippen LogP contribution in [0.3, 0.4) is 0 Å². The van der Waals surface area contributed by atoms with Gasteiger partial charge in [-0.3, -0.25) is 0 Å². The van der Waals surface area contributed by atoms with Crippen molar-refractivity contribution in [2.45, 2.75) is 32.3 Å². The molecule has 0 spiro atoms. The highest BCUT2D eigenvalue weighted by Gasteiger charge is 2.31. The fraction of sp³-hybridized carbons (Fsp3) is 0.800. The van der Waals surface area contributed by atoms with Crippen molar-refractivity contribution in [2.24, 2.45) is 11.7 Å². The van der Waals surface area contributed by atoms with Gasteiger partial charge in [0, 0.05) is 19.1 Å². The molecular formula is C10H17N3O2. The van der Waals surface area contributed by atoms with Crippen LogP contribution in [-0.2, 0) is 4.74 Å². The standard InChI is InChI=1S/C10H17N3O2/c1-6-3-4-14-8(6)10-12-9(13-15-10)7(2)5-11/h6-8H,3-5,11H2,1-2H3. The molecule has 1 saturated heterocycles. The van der Waals surface area contributed by atoms with Gasteiger partial charge in [-0.25, -0.2) is 0 Å². The largest absolute Gasteiger partial charge is 0.368 e. The van der Waals surface area contributed by atoms with Gasteiger partial charge in [-0.2, -0.15) is 4.98 Å². The molecule has 2 heterocycles. The van der Waals surface area contributed by atoms with Crippen LogP contribution in [0.2, 0.25) is 0 Å². The minimum Gasteiger partial charge on any atom is -0.368 e. The molecule has 0 aliphatic carbocycles. The van der Waals surface area contributed by atoms with Crippen LogP contribution >= 0.6 is 0 Å². The first-order chi connectivity index (χ1) is 7.22. The molecule has 5 nitrogen and oxygen atoms in total. The van der Waals surface area contributed by atoms with Gasteiger partial charge < -0.3 is 15.0 Å². The van der Waals surface area contributed by atoms with Crippen LogP contribution in [0.5, 0.6) is 0 Å². The van der Waals surface area contributed by atoms with E-state index in [-0.39, 0.29) is 12.0 Å². The van der Waals surface area contributed by atoms with Crippen LogP contribution in [0, 0.1) is 5.92 Å². The lowest BCUT2D eigenvalue weighted by atomic mass is 10.0. The summed E-state index contributed by atoms with van der Waals surface area (Å²) in [5, 5.41) is 3.92. The van der Waals surface area contributed by atoms with Crippen molar-refractivity contribution < 1.29 is 9.26 Å². The molecule has 5 heteroatoms. The molecule has 3 unspecified atom stereocenters. The second-order valence-electron chi connectivity index (χ2n) is 4.18. The Morgan fingerprint density at radius 2 is 2.40 bits per heavy atom. The van der Waals surface area contributed by atoms with Gasteiger partial charge in [0.1, 0.15) is 6.10 Å². The van der Waals surface area contributed by atoms with E-state index in [1.165, 1.54) is 0 Å². The summed E-state index contributed by atoms with van der Waals surface area (Å²) in [5.74, 6) is 1.86. The molecule has 1 aromatic rings. The highest BCUT2D eigenvalue weighted by atomic mass is 16.5. The van der Waals surface area contributed by atoms with Gasteiger partial charge in [0.25, 0.3) is 5.89 Å². The first kappa shape index (κ1) is 10.6. The first-order valence-corrected chi connectivity index (χ1v) is 5.37. The summed E-state index contributed by atoms with van der Waals surface area (Å²) >= 11 is 0. The van der Waals surface area contributed by atoms with Crippen molar-refractivity contribution in [3.63, 3.8) is 0 Å². The van der Waals surface area contributed by atoms with Crippen molar-refractivity contribution in [1.82, 2.24) is 10.1 Å². The lowest BCUT2D eigenvalue weighted by Gasteiger charge is -2.08. The molecule has 2 rings (SSSR count). The lowest BCUT2D eigenvalue weighted by molar-refractivity contribution is 0.0661. The molecule has 84 valence electrons. The number of hydrogen-bond acceptors (Lipinski definition) is 5. The normalized spacial score (nSPS) is 28.2. The van der Waals surface area contributed by atoms with E-state index in [0.717, 1.165) is 13.0 Å². The average molecular weight is 211 g/mol. The van der Waals surface area contributed by atoms with E-state index in [1.807, 2.05) is 6.92 Å². The number of ether oxygens (including phenoxy) is 1. The highest BCUT2D eigenvalue weighted by molar-refractivity contribution is 4.98. The molecule has 0 aromatic carbocycles. The zero-order chi connectivity index (χ0) is 10.8. The predicted molar refractivity (Wildman–Crippen MR) is 54.2 cm³/mol. The second kappa shape index (κ2) is 4.28. The number of hydrogen-bond donors (Lipinski definition) is 1. The monoisotopic (exact) mass is 211 g/mol. The smallest absolute Gasteiger partial charge is 0.256 e. The Kier molecular flexibility index (Phi) is 3.02. The molecular weight excluding hydrogens is 194 g/mol. The summed E-state index contributed by atoms with van der Waals surface area (Å²) in [4.78, 5) is 4.33. The van der Waals surface area contributed by atoms with Crippen LogP contribution < -0.4 is 5.73 Å². The van der Waals surface area contributed by atoms with Gasteiger partial charge >= 0.3 is 0 Å². The Balaban J connectivity index is 2.12. The van der Waals surface area contributed by atoms with Crippen LogP contribution in [0.1, 0.15) is 44.0 Å². The summed E-state index contributed by atoms with van der Waals surface area (Å²) < 4.78 is 10.8. The van der Waals surface area contributed by atoms with Crippen molar-refractivity contribution in [1.29, 1.82) is 0 Å². The molecule has 1 aromatic heterocycles. The molecule has 0 amide bonds. The Bertz CT molecular complexity index is 326. The van der Waals surface area contributed by atoms with Crippen LogP contribution in [0.25, 0.3) is 0 Å². The first-order valence-electron chi connectivity index (χ1n) is 5.37. The van der Waals surface area contributed by atoms with Crippen LogP contribution in [-0.4, -0.2) is 23.3 Å². The minimum absolute atomic E-state index is 0.0313. The van der Waals surface area contributed by atoms with E-state index in [9.17, 15) is 0 Å². The van der Waals surface area contributed by atoms with Gasteiger partial charge in [-0.1, -0.05) is 19.0 Å². The maximum atomic E-state index is 5.55. The fourth-order valence-corrected chi connectivity index (χ4v) is 1.68. The van der Waals surface area contributed by atoms with Gasteiger partial charge in [0.2, 0.25) is 0 Å². The Morgan fingerprint density at radius 3 is 3.00 bits per heavy atom. The van der Waals surface area contributed by atoms with E-state index < -0.39 is 0 Å². The molecule has 1 aliphatic heterocycles. The average Bonchev–Trinajstić information content (AvgIpc) is 2.84. The third-order valence-electron chi connectivity index (χ3n) is 2.88. The molecule has 1 fully saturated rings. The topological polar surface area (TPSA) is 74.2 Å². The van der Waals surface area contributed by atoms with Crippen molar-refractivity contribution in [3.05, 3.63) is 11.7 Å². The molecule has 2 N–H and O–H groups in total. The molecule has 0 bridgehead atoms. The molecule has 3 atom stereocenters. The summed E-state index contributed by atoms with van der Waals surface area (Å²) in [5.41, 5.74) is 5.54. The zero-order valence-electron chi connectivity index (χ0n) is 9.14. The maximum Gasteiger partial charge on any atom is 0.256 e. The number of aromatic nitrogens is 2. The van der Waals surface area contributed by atoms with Crippen LogP contribution in [0.15, 0.2) is 4.52 Å². The van der Waals surface area contributed by atoms with E-state index >= 15 is 0 Å². The third-order valence-corrected chi connectivity index (χ3v) is 2.88. The van der Waals surface area contributed by atoms with Crippen molar-refractivity contribution in [2.75, 3.05) is 13.2 Å². The van der Waals surface area contributed by atoms with E-state index in [4.69, 9.17) is 15.0 Å². The predicted octanol–water partition coefficient (Wildman–Crippen LogP) is 1.23. The van der Waals surface area contributed by atoms with E-state index in [2.05, 4.69) is 17.1 Å². The van der Waals surface area contributed by atoms with Crippen LogP contribution in [0.4, 0.5) is 0 Å². The number of rotatable bonds is 3. The Labute approximate surface area is 89.0 Å². The number of nitrogens with zero attached hydrogens (tertiary/aromatic N) is 2. The van der Waals surface area contributed by atoms with Gasteiger partial charge in [-0.05, 0) is 12.3 Å². The SMILES string of the molecule is CC(CN)c1noc(C2OCCC2C)n1. The van der Waals surface area contributed by atoms with E-state index in [1.54, 1.807) is 0 Å².